The van der Waals surface area contributed by atoms with Crippen molar-refractivity contribution in [3.63, 3.8) is 0 Å². The number of benzene rings is 2. The van der Waals surface area contributed by atoms with Crippen LogP contribution >= 0.6 is 0 Å². The Morgan fingerprint density at radius 1 is 0.917 bits per heavy atom. The highest BCUT2D eigenvalue weighted by Gasteiger charge is 2.38. The first-order chi connectivity index (χ1) is 17.2. The van der Waals surface area contributed by atoms with Crippen molar-refractivity contribution in [1.29, 1.82) is 0 Å². The van der Waals surface area contributed by atoms with Gasteiger partial charge >= 0.3 is 0 Å². The van der Waals surface area contributed by atoms with Gasteiger partial charge in [0.2, 0.25) is 15.9 Å². The van der Waals surface area contributed by atoms with Crippen LogP contribution in [0.25, 0.3) is 0 Å². The van der Waals surface area contributed by atoms with Crippen LogP contribution in [-0.2, 0) is 21.2 Å². The number of sulfonamides is 1. The Morgan fingerprint density at radius 3 is 2.11 bits per heavy atom. The van der Waals surface area contributed by atoms with Crippen LogP contribution in [0.3, 0.4) is 0 Å². The van der Waals surface area contributed by atoms with E-state index >= 15 is 0 Å². The number of ether oxygens (including phenoxy) is 4. The zero-order chi connectivity index (χ0) is 25.9. The molecule has 9 nitrogen and oxygen atoms in total. The first-order valence-corrected chi connectivity index (χ1v) is 13.9. The third-order valence-corrected chi connectivity index (χ3v) is 8.33. The lowest BCUT2D eigenvalue weighted by Gasteiger charge is -2.40. The van der Waals surface area contributed by atoms with Crippen molar-refractivity contribution < 1.29 is 32.2 Å². The summed E-state index contributed by atoms with van der Waals surface area (Å²) in [5.74, 6) is 2.47. The zero-order valence-corrected chi connectivity index (χ0v) is 22.0. The van der Waals surface area contributed by atoms with Gasteiger partial charge in [0.05, 0.1) is 33.6 Å². The van der Waals surface area contributed by atoms with Gasteiger partial charge in [0.1, 0.15) is 18.1 Å². The van der Waals surface area contributed by atoms with E-state index in [4.69, 9.17) is 18.9 Å². The minimum absolute atomic E-state index is 0.0342. The van der Waals surface area contributed by atoms with Gasteiger partial charge in [-0.15, -0.1) is 0 Å². The number of hydrogen-bond acceptors (Lipinski definition) is 7. The van der Waals surface area contributed by atoms with Gasteiger partial charge in [-0.1, -0.05) is 0 Å². The Kier molecular flexibility index (Phi) is 7.94. The lowest BCUT2D eigenvalue weighted by atomic mass is 9.89. The molecule has 0 saturated carbocycles. The number of carbonyl (C=O) groups excluding carboxylic acids is 1. The number of piperidine rings is 1. The van der Waals surface area contributed by atoms with Crippen molar-refractivity contribution >= 4 is 15.9 Å². The maximum absolute atomic E-state index is 13.7. The minimum Gasteiger partial charge on any atom is -0.497 e. The van der Waals surface area contributed by atoms with Gasteiger partial charge in [0, 0.05) is 25.6 Å². The lowest BCUT2D eigenvalue weighted by Crippen LogP contribution is -2.48. The van der Waals surface area contributed by atoms with E-state index in [0.717, 1.165) is 16.9 Å². The van der Waals surface area contributed by atoms with Crippen LogP contribution in [0.5, 0.6) is 23.0 Å². The Labute approximate surface area is 212 Å². The second-order valence-electron chi connectivity index (χ2n) is 9.13. The molecular weight excluding hydrogens is 484 g/mol. The van der Waals surface area contributed by atoms with Crippen LogP contribution in [0.15, 0.2) is 36.4 Å². The summed E-state index contributed by atoms with van der Waals surface area (Å²) >= 11 is 0. The average molecular weight is 519 g/mol. The summed E-state index contributed by atoms with van der Waals surface area (Å²) in [6.45, 7) is 1.53. The van der Waals surface area contributed by atoms with E-state index in [1.165, 1.54) is 10.6 Å². The SMILES string of the molecule is COc1ccc(OCC2c3cc(OC)c(OC)cc3CCN2C(=O)C2CCN(S(C)(=O)=O)CC2)cc1. The number of rotatable bonds is 8. The van der Waals surface area contributed by atoms with Crippen LogP contribution in [0.4, 0.5) is 0 Å². The van der Waals surface area contributed by atoms with E-state index in [9.17, 15) is 13.2 Å². The zero-order valence-electron chi connectivity index (χ0n) is 21.2. The molecule has 0 bridgehead atoms. The molecule has 1 saturated heterocycles. The molecule has 0 aromatic heterocycles. The molecule has 0 N–H and O–H groups in total. The monoisotopic (exact) mass is 518 g/mol. The highest BCUT2D eigenvalue weighted by Crippen LogP contribution is 2.39. The molecule has 1 amide bonds. The van der Waals surface area contributed by atoms with Gasteiger partial charge in [-0.25, -0.2) is 12.7 Å². The molecule has 1 atom stereocenters. The lowest BCUT2D eigenvalue weighted by molar-refractivity contribution is -0.140. The highest BCUT2D eigenvalue weighted by atomic mass is 32.2. The standard InChI is InChI=1S/C26H34N2O7S/c1-32-20-5-7-21(8-6-20)35-17-23-22-16-25(34-3)24(33-2)15-19(22)11-14-28(23)26(29)18-9-12-27(13-10-18)36(4,30)31/h5-8,15-16,18,23H,9-14,17H2,1-4H3. The molecule has 1 unspecified atom stereocenters. The molecule has 1 fully saturated rings. The van der Waals surface area contributed by atoms with Crippen LogP contribution in [-0.4, -0.2) is 77.4 Å². The quantitative estimate of drug-likeness (QED) is 0.530. The van der Waals surface area contributed by atoms with Gasteiger partial charge in [0.15, 0.2) is 11.5 Å². The van der Waals surface area contributed by atoms with Crippen LogP contribution < -0.4 is 18.9 Å². The molecule has 2 aromatic rings. The topological polar surface area (TPSA) is 94.6 Å². The third kappa shape index (κ3) is 5.54. The van der Waals surface area contributed by atoms with Gasteiger partial charge in [0.25, 0.3) is 0 Å². The second kappa shape index (κ2) is 11.0. The predicted octanol–water partition coefficient (Wildman–Crippen LogP) is 2.89. The van der Waals surface area contributed by atoms with E-state index in [1.54, 1.807) is 21.3 Å². The smallest absolute Gasteiger partial charge is 0.226 e. The Morgan fingerprint density at radius 2 is 1.53 bits per heavy atom. The molecule has 10 heteroatoms. The van der Waals surface area contributed by atoms with Crippen molar-refractivity contribution in [2.24, 2.45) is 5.92 Å². The number of fused-ring (bicyclic) bond motifs is 1. The summed E-state index contributed by atoms with van der Waals surface area (Å²) in [7, 11) is 1.55. The van der Waals surface area contributed by atoms with Gasteiger partial charge in [-0.2, -0.15) is 0 Å². The summed E-state index contributed by atoms with van der Waals surface area (Å²) in [5, 5.41) is 0. The Balaban J connectivity index is 1.59. The molecule has 2 aromatic carbocycles. The van der Waals surface area contributed by atoms with Crippen molar-refractivity contribution in [3.05, 3.63) is 47.5 Å². The molecular formula is C26H34N2O7S. The molecule has 0 spiro atoms. The van der Waals surface area contributed by atoms with Gasteiger partial charge in [-0.05, 0) is 66.8 Å². The van der Waals surface area contributed by atoms with Crippen molar-refractivity contribution in [1.82, 2.24) is 9.21 Å². The number of methoxy groups -OCH3 is 3. The molecule has 2 aliphatic rings. The summed E-state index contributed by atoms with van der Waals surface area (Å²) in [4.78, 5) is 15.6. The number of nitrogens with zero attached hydrogens (tertiary/aromatic N) is 2. The fourth-order valence-corrected chi connectivity index (χ4v) is 5.86. The van der Waals surface area contributed by atoms with E-state index in [2.05, 4.69) is 0 Å². The Bertz CT molecular complexity index is 1180. The van der Waals surface area contributed by atoms with E-state index < -0.39 is 10.0 Å². The molecule has 4 rings (SSSR count). The molecule has 0 radical (unpaired) electrons. The minimum atomic E-state index is -3.26. The Hall–Kier alpha value is -2.98. The molecule has 2 aliphatic heterocycles. The fraction of sp³-hybridized carbons (Fsp3) is 0.500. The molecule has 196 valence electrons. The van der Waals surface area contributed by atoms with Crippen LogP contribution in [0.1, 0.15) is 30.0 Å². The second-order valence-corrected chi connectivity index (χ2v) is 11.1. The van der Waals surface area contributed by atoms with E-state index in [1.807, 2.05) is 41.3 Å². The summed E-state index contributed by atoms with van der Waals surface area (Å²) in [6, 6.07) is 10.9. The van der Waals surface area contributed by atoms with Crippen molar-refractivity contribution in [3.8, 4) is 23.0 Å². The van der Waals surface area contributed by atoms with Crippen molar-refractivity contribution in [2.45, 2.75) is 25.3 Å². The fourth-order valence-electron chi connectivity index (χ4n) is 4.99. The van der Waals surface area contributed by atoms with E-state index in [0.29, 0.717) is 56.1 Å². The maximum atomic E-state index is 13.7. The molecule has 2 heterocycles. The molecule has 0 aliphatic carbocycles. The average Bonchev–Trinajstić information content (AvgIpc) is 2.90. The summed E-state index contributed by atoms with van der Waals surface area (Å²) in [5.41, 5.74) is 2.06. The largest absolute Gasteiger partial charge is 0.497 e. The first-order valence-electron chi connectivity index (χ1n) is 12.0. The van der Waals surface area contributed by atoms with Crippen LogP contribution in [0.2, 0.25) is 0 Å². The van der Waals surface area contributed by atoms with Gasteiger partial charge in [-0.3, -0.25) is 4.79 Å². The highest BCUT2D eigenvalue weighted by molar-refractivity contribution is 7.88. The summed E-state index contributed by atoms with van der Waals surface area (Å²) in [6.07, 6.45) is 2.91. The number of carbonyl (C=O) groups is 1. The maximum Gasteiger partial charge on any atom is 0.226 e. The first kappa shape index (κ1) is 26.1. The van der Waals surface area contributed by atoms with Gasteiger partial charge < -0.3 is 23.8 Å². The number of amides is 1. The number of hydrogen-bond donors (Lipinski definition) is 0. The predicted molar refractivity (Wildman–Crippen MR) is 135 cm³/mol. The van der Waals surface area contributed by atoms with E-state index in [-0.39, 0.29) is 24.5 Å². The molecule has 36 heavy (non-hydrogen) atoms. The third-order valence-electron chi connectivity index (χ3n) is 7.03. The van der Waals surface area contributed by atoms with Crippen LogP contribution in [0, 0.1) is 5.92 Å². The van der Waals surface area contributed by atoms with Crippen molar-refractivity contribution in [2.75, 3.05) is 53.8 Å². The normalized spacial score (nSPS) is 18.9. The summed E-state index contributed by atoms with van der Waals surface area (Å²) < 4.78 is 47.7.